The number of nitrogens with one attached hydrogen (secondary N) is 2. The standard InChI is InChI=1S/C22H20ClN3O4/c1-24-22(28)16-9-14-13-4-2-3-5-15(13)25-20(14)21(26(16)19(27)10-23)12-6-7-17-18(8-12)30-11-29-17/h2-8,16,21,25H,9-11H2,1H3,(H,24,28)/t16?,21-/m1/s1. The van der Waals surface area contributed by atoms with Crippen LogP contribution in [-0.4, -0.2) is 47.5 Å². The summed E-state index contributed by atoms with van der Waals surface area (Å²) in [5.41, 5.74) is 3.69. The van der Waals surface area contributed by atoms with E-state index in [1.54, 1.807) is 11.9 Å². The molecule has 0 saturated carbocycles. The maximum absolute atomic E-state index is 13.0. The van der Waals surface area contributed by atoms with Gasteiger partial charge in [-0.2, -0.15) is 0 Å². The zero-order valence-electron chi connectivity index (χ0n) is 16.3. The summed E-state index contributed by atoms with van der Waals surface area (Å²) < 4.78 is 11.0. The normalized spacial score (nSPS) is 19.6. The summed E-state index contributed by atoms with van der Waals surface area (Å²) >= 11 is 5.97. The Morgan fingerprint density at radius 3 is 2.80 bits per heavy atom. The van der Waals surface area contributed by atoms with Crippen LogP contribution in [-0.2, 0) is 16.0 Å². The van der Waals surface area contributed by atoms with E-state index in [4.69, 9.17) is 21.1 Å². The molecule has 1 aromatic heterocycles. The van der Waals surface area contributed by atoms with Crippen LogP contribution in [0.1, 0.15) is 22.9 Å². The smallest absolute Gasteiger partial charge is 0.242 e. The summed E-state index contributed by atoms with van der Waals surface area (Å²) in [6.45, 7) is 0.159. The second-order valence-electron chi connectivity index (χ2n) is 7.35. The Labute approximate surface area is 177 Å². The van der Waals surface area contributed by atoms with Crippen LogP contribution in [0, 0.1) is 0 Å². The number of benzene rings is 2. The average Bonchev–Trinajstić information content (AvgIpc) is 3.40. The van der Waals surface area contributed by atoms with Crippen LogP contribution >= 0.6 is 11.6 Å². The molecule has 0 fully saturated rings. The minimum atomic E-state index is -0.677. The van der Waals surface area contributed by atoms with Crippen molar-refractivity contribution in [2.75, 3.05) is 19.7 Å². The molecule has 0 radical (unpaired) electrons. The first-order valence-corrected chi connectivity index (χ1v) is 10.2. The maximum atomic E-state index is 13.0. The van der Waals surface area contributed by atoms with Gasteiger partial charge in [-0.3, -0.25) is 9.59 Å². The van der Waals surface area contributed by atoms with Gasteiger partial charge >= 0.3 is 0 Å². The fraction of sp³-hybridized carbons (Fsp3) is 0.273. The number of rotatable bonds is 3. The second kappa shape index (κ2) is 7.25. The summed E-state index contributed by atoms with van der Waals surface area (Å²) in [6.07, 6.45) is 0.405. The highest BCUT2D eigenvalue weighted by Gasteiger charge is 2.43. The first kappa shape index (κ1) is 18.8. The molecule has 0 saturated heterocycles. The van der Waals surface area contributed by atoms with E-state index < -0.39 is 12.1 Å². The van der Waals surface area contributed by atoms with Gasteiger partial charge in [0.2, 0.25) is 18.6 Å². The molecule has 2 amide bonds. The van der Waals surface area contributed by atoms with Crippen molar-refractivity contribution in [1.82, 2.24) is 15.2 Å². The van der Waals surface area contributed by atoms with Gasteiger partial charge in [0.05, 0.1) is 6.04 Å². The number of aromatic amines is 1. The highest BCUT2D eigenvalue weighted by molar-refractivity contribution is 6.27. The number of hydrogen-bond acceptors (Lipinski definition) is 4. The molecule has 0 bridgehead atoms. The highest BCUT2D eigenvalue weighted by atomic mass is 35.5. The first-order chi connectivity index (χ1) is 14.6. The summed E-state index contributed by atoms with van der Waals surface area (Å²) in [5, 5.41) is 3.74. The SMILES string of the molecule is CNC(=O)C1Cc2c([nH]c3ccccc23)[C@@H](c2ccc3c(c2)OCO3)N1C(=O)CCl. The summed E-state index contributed by atoms with van der Waals surface area (Å²) in [5.74, 6) is 0.520. The molecular formula is C22H20ClN3O4. The van der Waals surface area contributed by atoms with E-state index in [1.807, 2.05) is 42.5 Å². The number of likely N-dealkylation sites (N-methyl/N-ethyl adjacent to an activating group) is 1. The number of alkyl halides is 1. The second-order valence-corrected chi connectivity index (χ2v) is 7.61. The van der Waals surface area contributed by atoms with Crippen molar-refractivity contribution in [3.63, 3.8) is 0 Å². The van der Waals surface area contributed by atoms with Crippen molar-refractivity contribution < 1.29 is 19.1 Å². The number of hydrogen-bond donors (Lipinski definition) is 2. The zero-order valence-corrected chi connectivity index (χ0v) is 17.0. The number of carbonyl (C=O) groups is 2. The first-order valence-electron chi connectivity index (χ1n) is 9.70. The zero-order chi connectivity index (χ0) is 20.8. The van der Waals surface area contributed by atoms with Crippen molar-refractivity contribution in [3.05, 3.63) is 59.3 Å². The molecule has 154 valence electrons. The summed E-state index contributed by atoms with van der Waals surface area (Å²) in [6, 6.07) is 12.3. The summed E-state index contributed by atoms with van der Waals surface area (Å²) in [4.78, 5) is 30.9. The van der Waals surface area contributed by atoms with Crippen LogP contribution in [0.4, 0.5) is 0 Å². The predicted octanol–water partition coefficient (Wildman–Crippen LogP) is 2.72. The van der Waals surface area contributed by atoms with Crippen LogP contribution in [0.2, 0.25) is 0 Å². The lowest BCUT2D eigenvalue weighted by molar-refractivity contribution is -0.141. The van der Waals surface area contributed by atoms with Gasteiger partial charge in [-0.1, -0.05) is 24.3 Å². The Balaban J connectivity index is 1.75. The third-order valence-corrected chi connectivity index (χ3v) is 6.02. The number of para-hydroxylation sites is 1. The number of fused-ring (bicyclic) bond motifs is 4. The van der Waals surface area contributed by atoms with E-state index in [0.717, 1.165) is 27.7 Å². The van der Waals surface area contributed by atoms with Crippen molar-refractivity contribution in [1.29, 1.82) is 0 Å². The molecule has 2 atom stereocenters. The molecule has 3 heterocycles. The van der Waals surface area contributed by atoms with Crippen LogP contribution in [0.5, 0.6) is 11.5 Å². The molecule has 2 aromatic carbocycles. The van der Waals surface area contributed by atoms with E-state index in [-0.39, 0.29) is 24.5 Å². The van der Waals surface area contributed by atoms with E-state index in [1.165, 1.54) is 0 Å². The van der Waals surface area contributed by atoms with E-state index >= 15 is 0 Å². The molecule has 0 aliphatic carbocycles. The van der Waals surface area contributed by atoms with Crippen LogP contribution < -0.4 is 14.8 Å². The van der Waals surface area contributed by atoms with Crippen LogP contribution in [0.3, 0.4) is 0 Å². The molecule has 8 heteroatoms. The minimum Gasteiger partial charge on any atom is -0.454 e. The molecule has 30 heavy (non-hydrogen) atoms. The molecule has 7 nitrogen and oxygen atoms in total. The third-order valence-electron chi connectivity index (χ3n) is 5.80. The Morgan fingerprint density at radius 1 is 1.20 bits per heavy atom. The lowest BCUT2D eigenvalue weighted by Crippen LogP contribution is -2.54. The number of H-pyrrole nitrogens is 1. The third kappa shape index (κ3) is 2.81. The van der Waals surface area contributed by atoms with Gasteiger partial charge < -0.3 is 24.7 Å². The highest BCUT2D eigenvalue weighted by Crippen LogP contribution is 2.43. The number of carbonyl (C=O) groups excluding carboxylic acids is 2. The number of ether oxygens (including phenoxy) is 2. The Bertz CT molecular complexity index is 1160. The Kier molecular flexibility index (Phi) is 4.55. The Hall–Kier alpha value is -3.19. The number of amides is 2. The van der Waals surface area contributed by atoms with Crippen LogP contribution in [0.25, 0.3) is 10.9 Å². The fourth-order valence-corrected chi connectivity index (χ4v) is 4.61. The lowest BCUT2D eigenvalue weighted by Gasteiger charge is -2.41. The van der Waals surface area contributed by atoms with Crippen LogP contribution in [0.15, 0.2) is 42.5 Å². The van der Waals surface area contributed by atoms with Crippen molar-refractivity contribution in [3.8, 4) is 11.5 Å². The topological polar surface area (TPSA) is 83.7 Å². The monoisotopic (exact) mass is 425 g/mol. The van der Waals surface area contributed by atoms with E-state index in [2.05, 4.69) is 10.3 Å². The van der Waals surface area contributed by atoms with Gasteiger partial charge in [-0.05, 0) is 29.3 Å². The maximum Gasteiger partial charge on any atom is 0.242 e. The van der Waals surface area contributed by atoms with Gasteiger partial charge in [-0.25, -0.2) is 0 Å². The van der Waals surface area contributed by atoms with Crippen molar-refractivity contribution in [2.24, 2.45) is 0 Å². The van der Waals surface area contributed by atoms with E-state index in [0.29, 0.717) is 17.9 Å². The van der Waals surface area contributed by atoms with Gasteiger partial charge in [0.1, 0.15) is 11.9 Å². The quantitative estimate of drug-likeness (QED) is 0.632. The largest absolute Gasteiger partial charge is 0.454 e. The molecule has 2 aliphatic rings. The molecule has 1 unspecified atom stereocenters. The minimum absolute atomic E-state index is 0.159. The average molecular weight is 426 g/mol. The molecule has 3 aromatic rings. The predicted molar refractivity (Wildman–Crippen MR) is 112 cm³/mol. The number of nitrogens with zero attached hydrogens (tertiary/aromatic N) is 1. The van der Waals surface area contributed by atoms with Gasteiger partial charge in [0.15, 0.2) is 11.5 Å². The number of halogens is 1. The number of aromatic nitrogens is 1. The molecular weight excluding hydrogens is 406 g/mol. The Morgan fingerprint density at radius 2 is 2.00 bits per heavy atom. The molecule has 5 rings (SSSR count). The molecule has 0 spiro atoms. The molecule has 2 N–H and O–H groups in total. The van der Waals surface area contributed by atoms with Gasteiger partial charge in [0.25, 0.3) is 0 Å². The van der Waals surface area contributed by atoms with Gasteiger partial charge in [0, 0.05) is 30.1 Å². The van der Waals surface area contributed by atoms with Gasteiger partial charge in [-0.15, -0.1) is 11.6 Å². The lowest BCUT2D eigenvalue weighted by atomic mass is 9.87. The fourth-order valence-electron chi connectivity index (χ4n) is 4.47. The van der Waals surface area contributed by atoms with Crippen molar-refractivity contribution >= 4 is 34.3 Å². The summed E-state index contributed by atoms with van der Waals surface area (Å²) in [7, 11) is 1.58. The molecule has 2 aliphatic heterocycles. The van der Waals surface area contributed by atoms with E-state index in [9.17, 15) is 9.59 Å². The van der Waals surface area contributed by atoms with Crippen molar-refractivity contribution in [2.45, 2.75) is 18.5 Å².